The van der Waals surface area contributed by atoms with Crippen molar-refractivity contribution in [2.24, 2.45) is 5.41 Å². The van der Waals surface area contributed by atoms with Crippen molar-refractivity contribution in [1.82, 2.24) is 4.90 Å². The van der Waals surface area contributed by atoms with Crippen molar-refractivity contribution in [1.29, 1.82) is 0 Å². The summed E-state index contributed by atoms with van der Waals surface area (Å²) in [6, 6.07) is -0.567. The molecule has 0 aromatic rings. The van der Waals surface area contributed by atoms with Crippen LogP contribution < -0.4 is 0 Å². The minimum absolute atomic E-state index is 0.180. The van der Waals surface area contributed by atoms with Gasteiger partial charge in [-0.1, -0.05) is 0 Å². The highest BCUT2D eigenvalue weighted by atomic mass is 19.3. The van der Waals surface area contributed by atoms with Crippen molar-refractivity contribution < 1.29 is 28.2 Å². The van der Waals surface area contributed by atoms with E-state index in [9.17, 15) is 18.4 Å². The lowest BCUT2D eigenvalue weighted by Crippen LogP contribution is -2.42. The van der Waals surface area contributed by atoms with Crippen LogP contribution in [0.4, 0.5) is 8.78 Å². The second-order valence-electron chi connectivity index (χ2n) is 5.52. The van der Waals surface area contributed by atoms with Gasteiger partial charge in [-0.25, -0.2) is 8.78 Å². The molecule has 108 valence electrons. The Hall–Kier alpha value is -1.24. The molecule has 3 atom stereocenters. The molecule has 3 unspecified atom stereocenters. The third-order valence-electron chi connectivity index (χ3n) is 4.11. The maximum absolute atomic E-state index is 13.3. The Bertz CT molecular complexity index is 415. The molecule has 0 bridgehead atoms. The molecular formula is C12H17F2NO4. The number of hydrogen-bond donors (Lipinski definition) is 1. The number of ether oxygens (including phenoxy) is 1. The van der Waals surface area contributed by atoms with E-state index in [1.54, 1.807) is 0 Å². The molecule has 1 N–H and O–H groups in total. The summed E-state index contributed by atoms with van der Waals surface area (Å²) in [4.78, 5) is 24.2. The second kappa shape index (κ2) is 4.40. The third-order valence-corrected chi connectivity index (χ3v) is 4.11. The van der Waals surface area contributed by atoms with Gasteiger partial charge in [0.05, 0.1) is 12.5 Å². The van der Waals surface area contributed by atoms with Crippen molar-refractivity contribution in [3.05, 3.63) is 0 Å². The van der Waals surface area contributed by atoms with Gasteiger partial charge < -0.3 is 14.7 Å². The van der Waals surface area contributed by atoms with E-state index in [-0.39, 0.29) is 19.1 Å². The van der Waals surface area contributed by atoms with E-state index in [4.69, 9.17) is 9.84 Å². The molecule has 0 spiro atoms. The summed E-state index contributed by atoms with van der Waals surface area (Å²) in [7, 11) is 1.46. The van der Waals surface area contributed by atoms with Crippen LogP contribution in [-0.2, 0) is 14.3 Å². The van der Waals surface area contributed by atoms with E-state index in [1.807, 2.05) is 0 Å². The van der Waals surface area contributed by atoms with Crippen LogP contribution in [0, 0.1) is 5.41 Å². The highest BCUT2D eigenvalue weighted by Crippen LogP contribution is 2.61. The van der Waals surface area contributed by atoms with Crippen molar-refractivity contribution in [3.63, 3.8) is 0 Å². The maximum Gasteiger partial charge on any atom is 0.305 e. The van der Waals surface area contributed by atoms with E-state index in [0.29, 0.717) is 6.42 Å². The number of methoxy groups -OCH3 is 1. The van der Waals surface area contributed by atoms with Crippen LogP contribution in [-0.4, -0.2) is 53.6 Å². The van der Waals surface area contributed by atoms with Gasteiger partial charge in [-0.2, -0.15) is 0 Å². The second-order valence-corrected chi connectivity index (χ2v) is 5.52. The van der Waals surface area contributed by atoms with Gasteiger partial charge in [-0.05, 0) is 13.3 Å². The fourth-order valence-corrected chi connectivity index (χ4v) is 2.64. The van der Waals surface area contributed by atoms with Gasteiger partial charge in [0.15, 0.2) is 0 Å². The van der Waals surface area contributed by atoms with Crippen molar-refractivity contribution in [2.45, 2.75) is 44.3 Å². The van der Waals surface area contributed by atoms with Crippen LogP contribution in [0.25, 0.3) is 0 Å². The normalized spacial score (nSPS) is 36.3. The van der Waals surface area contributed by atoms with Crippen LogP contribution in [0.2, 0.25) is 0 Å². The summed E-state index contributed by atoms with van der Waals surface area (Å²) in [6.07, 6.45) is -0.625. The first-order valence-corrected chi connectivity index (χ1v) is 6.15. The Morgan fingerprint density at radius 3 is 2.47 bits per heavy atom. The number of rotatable bonds is 4. The quantitative estimate of drug-likeness (QED) is 0.836. The predicted molar refractivity (Wildman–Crippen MR) is 60.8 cm³/mol. The summed E-state index contributed by atoms with van der Waals surface area (Å²) >= 11 is 0. The molecule has 0 radical (unpaired) electrons. The molecule has 0 aromatic carbocycles. The van der Waals surface area contributed by atoms with Crippen LogP contribution in [0.15, 0.2) is 0 Å². The summed E-state index contributed by atoms with van der Waals surface area (Å²) in [5.74, 6) is -4.70. The van der Waals surface area contributed by atoms with Gasteiger partial charge in [0, 0.05) is 26.1 Å². The Morgan fingerprint density at radius 2 is 2.05 bits per heavy atom. The molecular weight excluding hydrogens is 260 g/mol. The molecule has 2 rings (SSSR count). The zero-order chi connectivity index (χ0) is 14.4. The maximum atomic E-state index is 13.3. The number of amides is 1. The van der Waals surface area contributed by atoms with Gasteiger partial charge in [0.25, 0.3) is 5.92 Å². The number of alkyl halides is 2. The number of nitrogens with zero attached hydrogens (tertiary/aromatic N) is 1. The van der Waals surface area contributed by atoms with Gasteiger partial charge in [-0.15, -0.1) is 0 Å². The molecule has 2 aliphatic rings. The van der Waals surface area contributed by atoms with E-state index < -0.39 is 35.7 Å². The number of aliphatic carboxylic acids is 1. The van der Waals surface area contributed by atoms with E-state index >= 15 is 0 Å². The standard InChI is InChI=1S/C12H17F2NO4/c1-11(6-12(11,13)14)10(18)15-5-8(19-2)3-7(15)4-9(16)17/h7-8H,3-6H2,1-2H3,(H,16,17). The number of carbonyl (C=O) groups excluding carboxylic acids is 1. The van der Waals surface area contributed by atoms with Crippen molar-refractivity contribution in [2.75, 3.05) is 13.7 Å². The van der Waals surface area contributed by atoms with E-state index in [2.05, 4.69) is 0 Å². The molecule has 0 aromatic heterocycles. The molecule has 1 aliphatic carbocycles. The van der Waals surface area contributed by atoms with Crippen molar-refractivity contribution >= 4 is 11.9 Å². The number of carboxylic acids is 1. The van der Waals surface area contributed by atoms with Crippen molar-refractivity contribution in [3.8, 4) is 0 Å². The van der Waals surface area contributed by atoms with E-state index in [1.165, 1.54) is 18.9 Å². The fraction of sp³-hybridized carbons (Fsp3) is 0.833. The summed E-state index contributed by atoms with van der Waals surface area (Å²) in [5, 5.41) is 8.83. The first kappa shape index (κ1) is 14.2. The van der Waals surface area contributed by atoms with Gasteiger partial charge >= 0.3 is 5.97 Å². The predicted octanol–water partition coefficient (Wildman–Crippen LogP) is 1.12. The zero-order valence-corrected chi connectivity index (χ0v) is 10.9. The Kier molecular flexibility index (Phi) is 3.28. The Balaban J connectivity index is 2.12. The van der Waals surface area contributed by atoms with Gasteiger partial charge in [-0.3, -0.25) is 9.59 Å². The van der Waals surface area contributed by atoms with Crippen LogP contribution in [0.5, 0.6) is 0 Å². The number of hydrogen-bond acceptors (Lipinski definition) is 3. The molecule has 1 amide bonds. The van der Waals surface area contributed by atoms with Crippen LogP contribution >= 0.6 is 0 Å². The molecule has 1 heterocycles. The SMILES string of the molecule is COC1CC(CC(=O)O)N(C(=O)C2(C)CC2(F)F)C1. The third kappa shape index (κ3) is 2.31. The topological polar surface area (TPSA) is 66.8 Å². The molecule has 1 saturated heterocycles. The molecule has 5 nitrogen and oxygen atoms in total. The average Bonchev–Trinajstić information content (AvgIpc) is 2.68. The summed E-state index contributed by atoms with van der Waals surface area (Å²) in [6.45, 7) is 1.41. The first-order chi connectivity index (χ1) is 8.71. The van der Waals surface area contributed by atoms with E-state index in [0.717, 1.165) is 0 Å². The number of halogens is 2. The molecule has 1 aliphatic heterocycles. The van der Waals surface area contributed by atoms with Crippen LogP contribution in [0.3, 0.4) is 0 Å². The molecule has 1 saturated carbocycles. The Morgan fingerprint density at radius 1 is 1.47 bits per heavy atom. The fourth-order valence-electron chi connectivity index (χ4n) is 2.64. The smallest absolute Gasteiger partial charge is 0.305 e. The number of likely N-dealkylation sites (tertiary alicyclic amines) is 1. The highest BCUT2D eigenvalue weighted by Gasteiger charge is 2.73. The minimum atomic E-state index is -2.98. The molecule has 7 heteroatoms. The summed E-state index contributed by atoms with van der Waals surface area (Å²) in [5.41, 5.74) is -1.67. The van der Waals surface area contributed by atoms with Gasteiger partial charge in [0.1, 0.15) is 5.41 Å². The summed E-state index contributed by atoms with van der Waals surface area (Å²) < 4.78 is 31.6. The first-order valence-electron chi connectivity index (χ1n) is 6.15. The van der Waals surface area contributed by atoms with Crippen LogP contribution in [0.1, 0.15) is 26.2 Å². The number of carbonyl (C=O) groups is 2. The monoisotopic (exact) mass is 277 g/mol. The average molecular weight is 277 g/mol. The molecule has 19 heavy (non-hydrogen) atoms. The minimum Gasteiger partial charge on any atom is -0.481 e. The molecule has 2 fully saturated rings. The lowest BCUT2D eigenvalue weighted by atomic mass is 10.1. The highest BCUT2D eigenvalue weighted by molar-refractivity contribution is 5.88. The zero-order valence-electron chi connectivity index (χ0n) is 10.9. The Labute approximate surface area is 109 Å². The largest absolute Gasteiger partial charge is 0.481 e. The lowest BCUT2D eigenvalue weighted by molar-refractivity contribution is -0.144. The number of carboxylic acid groups (broad SMARTS) is 1. The lowest BCUT2D eigenvalue weighted by Gasteiger charge is -2.26. The van der Waals surface area contributed by atoms with Gasteiger partial charge in [0.2, 0.25) is 5.91 Å².